The summed E-state index contributed by atoms with van der Waals surface area (Å²) in [5.41, 5.74) is 6.20. The third-order valence-corrected chi connectivity index (χ3v) is 1.53. The number of nitrogens with two attached hydrogens (primary N) is 1. The molecule has 0 saturated carbocycles. The molecule has 0 atom stereocenters. The van der Waals surface area contributed by atoms with Gasteiger partial charge in [0, 0.05) is 12.6 Å². The fourth-order valence-corrected chi connectivity index (χ4v) is 0.954. The molecule has 0 aromatic carbocycles. The van der Waals surface area contributed by atoms with E-state index in [1.807, 2.05) is 0 Å². The maximum Gasteiger partial charge on any atom is 0.231 e. The zero-order chi connectivity index (χ0) is 7.68. The minimum atomic E-state index is 0.283. The number of aromatic nitrogens is 1. The maximum absolute atomic E-state index is 5.39. The molecular weight excluding hydrogens is 144 g/mol. The molecule has 2 rings (SSSR count). The lowest BCUT2D eigenvalue weighted by molar-refractivity contribution is 0.174. The SMILES string of the molecule is NCc1cc2c(cn1)OCO2. The van der Waals surface area contributed by atoms with E-state index in [4.69, 9.17) is 15.2 Å². The van der Waals surface area contributed by atoms with Gasteiger partial charge in [-0.15, -0.1) is 0 Å². The molecule has 1 aromatic rings. The molecule has 0 radical (unpaired) electrons. The van der Waals surface area contributed by atoms with Gasteiger partial charge >= 0.3 is 0 Å². The molecule has 11 heavy (non-hydrogen) atoms. The quantitative estimate of drug-likeness (QED) is 0.627. The minimum absolute atomic E-state index is 0.283. The third kappa shape index (κ3) is 1.01. The normalized spacial score (nSPS) is 13.5. The van der Waals surface area contributed by atoms with Crippen LogP contribution in [0.25, 0.3) is 0 Å². The second-order valence-corrected chi connectivity index (χ2v) is 2.23. The van der Waals surface area contributed by atoms with Crippen LogP contribution >= 0.6 is 0 Å². The van der Waals surface area contributed by atoms with Gasteiger partial charge in [-0.05, 0) is 0 Å². The molecule has 1 aliphatic rings. The van der Waals surface area contributed by atoms with Crippen LogP contribution in [-0.4, -0.2) is 11.8 Å². The molecule has 0 unspecified atom stereocenters. The predicted molar refractivity (Wildman–Crippen MR) is 38.3 cm³/mol. The van der Waals surface area contributed by atoms with E-state index in [1.54, 1.807) is 12.3 Å². The van der Waals surface area contributed by atoms with Crippen LogP contribution in [0.5, 0.6) is 11.5 Å². The molecular formula is C7H8N2O2. The molecule has 1 aromatic heterocycles. The highest BCUT2D eigenvalue weighted by Crippen LogP contribution is 2.30. The van der Waals surface area contributed by atoms with Crippen LogP contribution in [-0.2, 0) is 6.54 Å². The van der Waals surface area contributed by atoms with Crippen LogP contribution in [0.1, 0.15) is 5.69 Å². The summed E-state index contributed by atoms with van der Waals surface area (Å²) in [6.45, 7) is 0.710. The zero-order valence-electron chi connectivity index (χ0n) is 5.91. The summed E-state index contributed by atoms with van der Waals surface area (Å²) in [5, 5.41) is 0. The Bertz CT molecular complexity index is 275. The number of rotatable bonds is 1. The molecule has 0 spiro atoms. The Hall–Kier alpha value is -1.29. The summed E-state index contributed by atoms with van der Waals surface area (Å²) in [6, 6.07) is 1.79. The fraction of sp³-hybridized carbons (Fsp3) is 0.286. The molecule has 2 N–H and O–H groups in total. The lowest BCUT2D eigenvalue weighted by Gasteiger charge is -1.96. The van der Waals surface area contributed by atoms with E-state index in [9.17, 15) is 0 Å². The number of ether oxygens (including phenoxy) is 2. The van der Waals surface area contributed by atoms with Gasteiger partial charge in [0.2, 0.25) is 6.79 Å². The number of fused-ring (bicyclic) bond motifs is 1. The van der Waals surface area contributed by atoms with Crippen molar-refractivity contribution in [2.75, 3.05) is 6.79 Å². The topological polar surface area (TPSA) is 57.4 Å². The van der Waals surface area contributed by atoms with Gasteiger partial charge in [-0.3, -0.25) is 4.98 Å². The average molecular weight is 152 g/mol. The van der Waals surface area contributed by atoms with Gasteiger partial charge in [0.05, 0.1) is 11.9 Å². The van der Waals surface area contributed by atoms with Crippen LogP contribution in [0.15, 0.2) is 12.3 Å². The third-order valence-electron chi connectivity index (χ3n) is 1.53. The molecule has 0 aliphatic carbocycles. The summed E-state index contributed by atoms with van der Waals surface area (Å²) in [7, 11) is 0. The number of hydrogen-bond acceptors (Lipinski definition) is 4. The summed E-state index contributed by atoms with van der Waals surface area (Å²) in [5.74, 6) is 1.43. The van der Waals surface area contributed by atoms with E-state index in [0.717, 1.165) is 11.4 Å². The van der Waals surface area contributed by atoms with Crippen LogP contribution < -0.4 is 15.2 Å². The van der Waals surface area contributed by atoms with Gasteiger partial charge in [0.15, 0.2) is 11.5 Å². The molecule has 0 fully saturated rings. The first-order chi connectivity index (χ1) is 5.40. The minimum Gasteiger partial charge on any atom is -0.453 e. The standard InChI is InChI=1S/C7H8N2O2/c8-2-5-1-6-7(3-9-5)11-4-10-6/h1,3H,2,4,8H2. The van der Waals surface area contributed by atoms with Crippen molar-refractivity contribution in [1.82, 2.24) is 4.98 Å². The highest BCUT2D eigenvalue weighted by atomic mass is 16.7. The van der Waals surface area contributed by atoms with Crippen molar-refractivity contribution in [1.29, 1.82) is 0 Å². The van der Waals surface area contributed by atoms with Crippen molar-refractivity contribution in [3.63, 3.8) is 0 Å². The van der Waals surface area contributed by atoms with Crippen molar-refractivity contribution in [3.05, 3.63) is 18.0 Å². The van der Waals surface area contributed by atoms with Crippen molar-refractivity contribution in [2.45, 2.75) is 6.54 Å². The van der Waals surface area contributed by atoms with Crippen LogP contribution in [0, 0.1) is 0 Å². The van der Waals surface area contributed by atoms with Crippen molar-refractivity contribution in [3.8, 4) is 11.5 Å². The molecule has 58 valence electrons. The molecule has 4 heteroatoms. The van der Waals surface area contributed by atoms with Gasteiger partial charge in [0.1, 0.15) is 0 Å². The Morgan fingerprint density at radius 1 is 1.45 bits per heavy atom. The van der Waals surface area contributed by atoms with E-state index in [-0.39, 0.29) is 6.79 Å². The van der Waals surface area contributed by atoms with Crippen molar-refractivity contribution in [2.24, 2.45) is 5.73 Å². The van der Waals surface area contributed by atoms with Crippen LogP contribution in [0.3, 0.4) is 0 Å². The summed E-state index contributed by atoms with van der Waals surface area (Å²) in [6.07, 6.45) is 1.63. The average Bonchev–Trinajstić information content (AvgIpc) is 2.50. The van der Waals surface area contributed by atoms with E-state index < -0.39 is 0 Å². The predicted octanol–water partition coefficient (Wildman–Crippen LogP) is 0.269. The lowest BCUT2D eigenvalue weighted by Crippen LogP contribution is -1.98. The van der Waals surface area contributed by atoms with Gasteiger partial charge in [0.25, 0.3) is 0 Å². The Morgan fingerprint density at radius 3 is 3.09 bits per heavy atom. The Kier molecular flexibility index (Phi) is 1.40. The summed E-state index contributed by atoms with van der Waals surface area (Å²) < 4.78 is 10.2. The summed E-state index contributed by atoms with van der Waals surface area (Å²) >= 11 is 0. The molecule has 2 heterocycles. The monoisotopic (exact) mass is 152 g/mol. The molecule has 4 nitrogen and oxygen atoms in total. The molecule has 0 amide bonds. The Labute approximate surface area is 63.9 Å². The van der Waals surface area contributed by atoms with Crippen LogP contribution in [0.4, 0.5) is 0 Å². The van der Waals surface area contributed by atoms with Crippen LogP contribution in [0.2, 0.25) is 0 Å². The fourth-order valence-electron chi connectivity index (χ4n) is 0.954. The first kappa shape index (κ1) is 6.42. The Balaban J connectivity index is 2.41. The van der Waals surface area contributed by atoms with Gasteiger partial charge in [-0.2, -0.15) is 0 Å². The second kappa shape index (κ2) is 2.39. The van der Waals surface area contributed by atoms with E-state index in [0.29, 0.717) is 12.3 Å². The highest BCUT2D eigenvalue weighted by molar-refractivity contribution is 5.40. The second-order valence-electron chi connectivity index (χ2n) is 2.23. The lowest BCUT2D eigenvalue weighted by atomic mass is 10.3. The molecule has 1 aliphatic heterocycles. The first-order valence-corrected chi connectivity index (χ1v) is 3.35. The summed E-state index contributed by atoms with van der Waals surface area (Å²) in [4.78, 5) is 4.04. The molecule has 0 saturated heterocycles. The van der Waals surface area contributed by atoms with E-state index in [2.05, 4.69) is 4.98 Å². The number of nitrogens with zero attached hydrogens (tertiary/aromatic N) is 1. The van der Waals surface area contributed by atoms with Gasteiger partial charge < -0.3 is 15.2 Å². The number of hydrogen-bond donors (Lipinski definition) is 1. The van der Waals surface area contributed by atoms with E-state index >= 15 is 0 Å². The van der Waals surface area contributed by atoms with Crippen molar-refractivity contribution < 1.29 is 9.47 Å². The largest absolute Gasteiger partial charge is 0.453 e. The first-order valence-electron chi connectivity index (χ1n) is 3.35. The van der Waals surface area contributed by atoms with Gasteiger partial charge in [-0.1, -0.05) is 0 Å². The van der Waals surface area contributed by atoms with Gasteiger partial charge in [-0.25, -0.2) is 0 Å². The van der Waals surface area contributed by atoms with Crippen molar-refractivity contribution >= 4 is 0 Å². The Morgan fingerprint density at radius 2 is 2.27 bits per heavy atom. The molecule has 0 bridgehead atoms. The maximum atomic E-state index is 5.39. The highest BCUT2D eigenvalue weighted by Gasteiger charge is 2.13. The smallest absolute Gasteiger partial charge is 0.231 e. The zero-order valence-corrected chi connectivity index (χ0v) is 5.91. The number of pyridine rings is 1. The van der Waals surface area contributed by atoms with E-state index in [1.165, 1.54) is 0 Å².